The van der Waals surface area contributed by atoms with E-state index in [1.165, 1.54) is 36.1 Å². The predicted octanol–water partition coefficient (Wildman–Crippen LogP) is 3.97. The van der Waals surface area contributed by atoms with E-state index >= 15 is 0 Å². The topological polar surface area (TPSA) is 68.6 Å². The van der Waals surface area contributed by atoms with Gasteiger partial charge in [0, 0.05) is 0 Å². The smallest absolute Gasteiger partial charge is 0.416 e. The molecule has 10 heteroatoms. The number of nitrogens with zero attached hydrogens (tertiary/aromatic N) is 3. The molecule has 136 valence electrons. The second-order valence-corrected chi connectivity index (χ2v) is 5.83. The summed E-state index contributed by atoms with van der Waals surface area (Å²) in [5.74, 6) is 0.630. The van der Waals surface area contributed by atoms with Crippen LogP contribution in [0.3, 0.4) is 0 Å². The van der Waals surface area contributed by atoms with Gasteiger partial charge in [0.1, 0.15) is 36.5 Å². The third kappa shape index (κ3) is 4.67. The normalized spacial score (nSPS) is 12.0. The Kier molecular flexibility index (Phi) is 5.64. The highest BCUT2D eigenvalue weighted by Gasteiger charge is 2.30. The minimum atomic E-state index is -4.40. The van der Waals surface area contributed by atoms with Crippen LogP contribution in [-0.2, 0) is 11.0 Å². The fourth-order valence-corrected chi connectivity index (χ4v) is 2.75. The van der Waals surface area contributed by atoms with Crippen LogP contribution in [0.15, 0.2) is 47.0 Å². The number of fused-ring (bicyclic) bond motifs is 1. The SMILES string of the molecule is FC(F)(F)c1cccc(OCCONC=Nc2ncnc3sccc23)c1. The number of hydrogen-bond acceptors (Lipinski definition) is 6. The zero-order chi connectivity index (χ0) is 18.4. The number of thiophene rings is 1. The molecule has 1 N–H and O–H groups in total. The monoisotopic (exact) mass is 382 g/mol. The zero-order valence-electron chi connectivity index (χ0n) is 13.2. The molecule has 0 radical (unpaired) electrons. The van der Waals surface area contributed by atoms with Crippen molar-refractivity contribution >= 4 is 33.7 Å². The predicted molar refractivity (Wildman–Crippen MR) is 91.6 cm³/mol. The Hall–Kier alpha value is -2.72. The molecule has 26 heavy (non-hydrogen) atoms. The van der Waals surface area contributed by atoms with E-state index in [0.717, 1.165) is 22.3 Å². The van der Waals surface area contributed by atoms with E-state index in [0.29, 0.717) is 5.82 Å². The molecule has 0 saturated heterocycles. The van der Waals surface area contributed by atoms with Crippen molar-refractivity contribution in [3.05, 3.63) is 47.6 Å². The van der Waals surface area contributed by atoms with Gasteiger partial charge in [-0.2, -0.15) is 13.2 Å². The van der Waals surface area contributed by atoms with Gasteiger partial charge >= 0.3 is 6.18 Å². The van der Waals surface area contributed by atoms with E-state index in [9.17, 15) is 13.2 Å². The van der Waals surface area contributed by atoms with Crippen molar-refractivity contribution in [1.82, 2.24) is 15.4 Å². The number of rotatable bonds is 7. The van der Waals surface area contributed by atoms with Gasteiger partial charge in [0.05, 0.1) is 10.9 Å². The van der Waals surface area contributed by atoms with Crippen LogP contribution in [0.2, 0.25) is 0 Å². The lowest BCUT2D eigenvalue weighted by molar-refractivity contribution is -0.137. The van der Waals surface area contributed by atoms with Crippen molar-refractivity contribution in [1.29, 1.82) is 0 Å². The van der Waals surface area contributed by atoms with Gasteiger partial charge in [-0.05, 0) is 29.6 Å². The highest BCUT2D eigenvalue weighted by atomic mass is 32.1. The molecule has 0 aliphatic carbocycles. The molecule has 2 heterocycles. The quantitative estimate of drug-likeness (QED) is 0.290. The summed E-state index contributed by atoms with van der Waals surface area (Å²) in [7, 11) is 0. The van der Waals surface area contributed by atoms with Crippen LogP contribution in [0.5, 0.6) is 5.75 Å². The Morgan fingerprint density at radius 3 is 2.92 bits per heavy atom. The van der Waals surface area contributed by atoms with Gasteiger partial charge in [-0.15, -0.1) is 11.3 Å². The minimum absolute atomic E-state index is 0.0738. The lowest BCUT2D eigenvalue weighted by Gasteiger charge is -2.10. The van der Waals surface area contributed by atoms with Gasteiger partial charge < -0.3 is 4.74 Å². The first-order valence-electron chi connectivity index (χ1n) is 7.42. The Labute approximate surface area is 150 Å². The van der Waals surface area contributed by atoms with E-state index < -0.39 is 11.7 Å². The summed E-state index contributed by atoms with van der Waals surface area (Å²) in [6, 6.07) is 6.54. The molecule has 3 rings (SSSR count). The standard InChI is InChI=1S/C16H13F3N4O2S/c17-16(18,19)11-2-1-3-12(8-11)24-5-6-25-23-10-21-14-13-4-7-26-15(13)22-9-20-14/h1-4,7-10H,5-6H2,(H,20,21,22,23). The van der Waals surface area contributed by atoms with E-state index in [4.69, 9.17) is 9.57 Å². The van der Waals surface area contributed by atoms with Gasteiger partial charge in [-0.1, -0.05) is 6.07 Å². The molecular weight excluding hydrogens is 369 g/mol. The molecule has 0 aliphatic rings. The molecule has 3 aromatic rings. The molecule has 2 aromatic heterocycles. The van der Waals surface area contributed by atoms with Crippen LogP contribution in [0.4, 0.5) is 19.0 Å². The largest absolute Gasteiger partial charge is 0.491 e. The maximum absolute atomic E-state index is 12.6. The van der Waals surface area contributed by atoms with Crippen molar-refractivity contribution < 1.29 is 22.7 Å². The molecule has 0 fully saturated rings. The first-order chi connectivity index (χ1) is 12.5. The van der Waals surface area contributed by atoms with Crippen molar-refractivity contribution in [2.45, 2.75) is 6.18 Å². The average molecular weight is 382 g/mol. The highest BCUT2D eigenvalue weighted by molar-refractivity contribution is 7.16. The Balaban J connectivity index is 1.42. The molecule has 0 amide bonds. The van der Waals surface area contributed by atoms with E-state index in [2.05, 4.69) is 20.4 Å². The van der Waals surface area contributed by atoms with Gasteiger partial charge in [0.25, 0.3) is 0 Å². The second-order valence-electron chi connectivity index (χ2n) is 4.94. The summed E-state index contributed by atoms with van der Waals surface area (Å²) in [6.45, 7) is 0.185. The summed E-state index contributed by atoms with van der Waals surface area (Å²) in [6.07, 6.45) is -1.65. The number of hydroxylamine groups is 1. The maximum Gasteiger partial charge on any atom is 0.416 e. The van der Waals surface area contributed by atoms with Crippen molar-refractivity contribution in [2.75, 3.05) is 13.2 Å². The number of alkyl halides is 3. The number of benzene rings is 1. The Morgan fingerprint density at radius 2 is 2.08 bits per heavy atom. The van der Waals surface area contributed by atoms with Crippen LogP contribution < -0.4 is 10.2 Å². The van der Waals surface area contributed by atoms with Crippen molar-refractivity contribution in [3.63, 3.8) is 0 Å². The summed E-state index contributed by atoms with van der Waals surface area (Å²) in [5.41, 5.74) is 1.75. The van der Waals surface area contributed by atoms with Crippen LogP contribution in [0.25, 0.3) is 10.2 Å². The van der Waals surface area contributed by atoms with Crippen LogP contribution in [0.1, 0.15) is 5.56 Å². The molecule has 1 aromatic carbocycles. The van der Waals surface area contributed by atoms with Crippen LogP contribution in [-0.4, -0.2) is 29.5 Å². The summed E-state index contributed by atoms with van der Waals surface area (Å²) in [5, 5.41) is 2.73. The summed E-state index contributed by atoms with van der Waals surface area (Å²) >= 11 is 1.49. The zero-order valence-corrected chi connectivity index (χ0v) is 14.0. The first-order valence-corrected chi connectivity index (χ1v) is 8.30. The number of nitrogens with one attached hydrogen (secondary N) is 1. The molecular formula is C16H13F3N4O2S. The molecule has 0 saturated carbocycles. The van der Waals surface area contributed by atoms with Gasteiger partial charge in [0.15, 0.2) is 5.82 Å². The second kappa shape index (κ2) is 8.11. The molecule has 0 unspecified atom stereocenters. The number of aromatic nitrogens is 2. The third-order valence-corrected chi connectivity index (χ3v) is 4.00. The molecule has 6 nitrogen and oxygen atoms in total. The van der Waals surface area contributed by atoms with Gasteiger partial charge in [-0.3, -0.25) is 10.3 Å². The van der Waals surface area contributed by atoms with Crippen molar-refractivity contribution in [3.8, 4) is 5.75 Å². The fraction of sp³-hybridized carbons (Fsp3) is 0.188. The Morgan fingerprint density at radius 1 is 1.19 bits per heavy atom. The fourth-order valence-electron chi connectivity index (χ4n) is 2.03. The van der Waals surface area contributed by atoms with Crippen molar-refractivity contribution in [2.24, 2.45) is 4.99 Å². The lowest BCUT2D eigenvalue weighted by Crippen LogP contribution is -2.17. The number of ether oxygens (including phenoxy) is 1. The van der Waals surface area contributed by atoms with Crippen LogP contribution in [0, 0.1) is 0 Å². The first kappa shape index (κ1) is 18.1. The van der Waals surface area contributed by atoms with E-state index in [1.54, 1.807) is 0 Å². The molecule has 0 bridgehead atoms. The summed E-state index contributed by atoms with van der Waals surface area (Å²) in [4.78, 5) is 18.2. The van der Waals surface area contributed by atoms with E-state index in [1.807, 2.05) is 11.4 Å². The van der Waals surface area contributed by atoms with E-state index in [-0.39, 0.29) is 19.0 Å². The minimum Gasteiger partial charge on any atom is -0.491 e. The summed E-state index contributed by atoms with van der Waals surface area (Å²) < 4.78 is 43.0. The molecule has 0 atom stereocenters. The number of halogens is 3. The maximum atomic E-state index is 12.6. The number of hydrogen-bond donors (Lipinski definition) is 1. The number of aliphatic imine (C=N–C) groups is 1. The van der Waals surface area contributed by atoms with Crippen LogP contribution >= 0.6 is 11.3 Å². The highest BCUT2D eigenvalue weighted by Crippen LogP contribution is 2.31. The van der Waals surface area contributed by atoms with Gasteiger partial charge in [-0.25, -0.2) is 15.0 Å². The lowest BCUT2D eigenvalue weighted by atomic mass is 10.2. The average Bonchev–Trinajstić information content (AvgIpc) is 3.10. The van der Waals surface area contributed by atoms with Gasteiger partial charge in [0.2, 0.25) is 0 Å². The molecule has 0 aliphatic heterocycles. The Bertz CT molecular complexity index is 898. The third-order valence-electron chi connectivity index (χ3n) is 3.18. The molecule has 0 spiro atoms.